The molecule has 0 radical (unpaired) electrons. The van der Waals surface area contributed by atoms with Crippen molar-refractivity contribution in [3.8, 4) is 11.4 Å². The van der Waals surface area contributed by atoms with Crippen LogP contribution in [0.1, 0.15) is 19.0 Å². The number of nitrogens with zero attached hydrogens (tertiary/aromatic N) is 2. The van der Waals surface area contributed by atoms with Crippen molar-refractivity contribution in [2.24, 2.45) is 0 Å². The molecule has 3 nitrogen and oxygen atoms in total. The molecule has 2 aromatic rings. The van der Waals surface area contributed by atoms with E-state index in [9.17, 15) is 4.39 Å². The van der Waals surface area contributed by atoms with E-state index in [0.29, 0.717) is 17.2 Å². The Hall–Kier alpha value is -1.68. The minimum absolute atomic E-state index is 0.0769. The average molecular weight is 280 g/mol. The molecule has 0 saturated heterocycles. The summed E-state index contributed by atoms with van der Waals surface area (Å²) in [5.41, 5.74) is 1.21. The lowest BCUT2D eigenvalue weighted by molar-refractivity contribution is 0.630. The number of aryl methyl sites for hydroxylation is 1. The van der Waals surface area contributed by atoms with E-state index in [1.165, 1.54) is 6.07 Å². The third-order valence-corrected chi connectivity index (χ3v) is 3.03. The van der Waals surface area contributed by atoms with Crippen LogP contribution in [0.15, 0.2) is 24.3 Å². The van der Waals surface area contributed by atoms with Crippen molar-refractivity contribution in [1.82, 2.24) is 9.97 Å². The van der Waals surface area contributed by atoms with Crippen molar-refractivity contribution < 1.29 is 4.39 Å². The average Bonchev–Trinajstić information content (AvgIpc) is 2.42. The first-order valence-corrected chi connectivity index (χ1v) is 6.53. The van der Waals surface area contributed by atoms with Crippen molar-refractivity contribution in [2.45, 2.75) is 19.8 Å². The first kappa shape index (κ1) is 13.7. The van der Waals surface area contributed by atoms with Crippen molar-refractivity contribution in [3.63, 3.8) is 0 Å². The number of benzene rings is 1. The summed E-state index contributed by atoms with van der Waals surface area (Å²) in [6.45, 7) is 2.07. The molecule has 0 amide bonds. The molecule has 1 aromatic heterocycles. The molecule has 100 valence electrons. The Morgan fingerprint density at radius 1 is 1.32 bits per heavy atom. The third-order valence-electron chi connectivity index (χ3n) is 2.73. The molecule has 0 bridgehead atoms. The lowest BCUT2D eigenvalue weighted by Gasteiger charge is -2.08. The van der Waals surface area contributed by atoms with Gasteiger partial charge in [0, 0.05) is 18.8 Å². The van der Waals surface area contributed by atoms with Gasteiger partial charge in [-0.15, -0.1) is 0 Å². The quantitative estimate of drug-likeness (QED) is 0.921. The van der Waals surface area contributed by atoms with Crippen molar-refractivity contribution in [1.29, 1.82) is 0 Å². The largest absolute Gasteiger partial charge is 0.373 e. The van der Waals surface area contributed by atoms with Gasteiger partial charge in [-0.1, -0.05) is 31.0 Å². The van der Waals surface area contributed by atoms with Gasteiger partial charge in [0.1, 0.15) is 5.82 Å². The highest BCUT2D eigenvalue weighted by atomic mass is 35.5. The molecule has 1 N–H and O–H groups in total. The highest BCUT2D eigenvalue weighted by molar-refractivity contribution is 6.31. The van der Waals surface area contributed by atoms with Gasteiger partial charge in [0.05, 0.1) is 10.6 Å². The molecule has 2 rings (SSSR count). The third kappa shape index (κ3) is 3.01. The fourth-order valence-electron chi connectivity index (χ4n) is 1.81. The van der Waals surface area contributed by atoms with Crippen molar-refractivity contribution in [3.05, 3.63) is 40.8 Å². The molecule has 0 unspecified atom stereocenters. The normalized spacial score (nSPS) is 10.5. The lowest BCUT2D eigenvalue weighted by atomic mass is 10.1. The number of nitrogens with one attached hydrogen (secondary N) is 1. The van der Waals surface area contributed by atoms with Crippen LogP contribution in [0.25, 0.3) is 11.4 Å². The summed E-state index contributed by atoms with van der Waals surface area (Å²) in [4.78, 5) is 8.68. The monoisotopic (exact) mass is 279 g/mol. The van der Waals surface area contributed by atoms with Crippen LogP contribution in [0.4, 0.5) is 10.2 Å². The van der Waals surface area contributed by atoms with Gasteiger partial charge >= 0.3 is 0 Å². The van der Waals surface area contributed by atoms with Crippen LogP contribution in [0.3, 0.4) is 0 Å². The van der Waals surface area contributed by atoms with Gasteiger partial charge in [-0.05, 0) is 18.6 Å². The standard InChI is InChI=1S/C14H15ClFN3/c1-3-5-9-8-12(17-2)19-14(18-9)10-6-4-7-11(15)13(10)16/h4,6-8H,3,5H2,1-2H3,(H,17,18,19). The minimum Gasteiger partial charge on any atom is -0.373 e. The van der Waals surface area contributed by atoms with E-state index in [-0.39, 0.29) is 5.02 Å². The first-order chi connectivity index (χ1) is 9.15. The first-order valence-electron chi connectivity index (χ1n) is 6.15. The highest BCUT2D eigenvalue weighted by Gasteiger charge is 2.12. The van der Waals surface area contributed by atoms with Crippen LogP contribution in [0.5, 0.6) is 0 Å². The Labute approximate surface area is 116 Å². The molecule has 0 aliphatic carbocycles. The van der Waals surface area contributed by atoms with E-state index >= 15 is 0 Å². The molecule has 0 aliphatic heterocycles. The maximum atomic E-state index is 14.0. The summed E-state index contributed by atoms with van der Waals surface area (Å²) in [6.07, 6.45) is 1.80. The fraction of sp³-hybridized carbons (Fsp3) is 0.286. The Morgan fingerprint density at radius 3 is 2.79 bits per heavy atom. The molecule has 19 heavy (non-hydrogen) atoms. The van der Waals surface area contributed by atoms with Crippen LogP contribution in [-0.2, 0) is 6.42 Å². The van der Waals surface area contributed by atoms with E-state index in [4.69, 9.17) is 11.6 Å². The summed E-state index contributed by atoms with van der Waals surface area (Å²) in [6, 6.07) is 6.70. The van der Waals surface area contributed by atoms with E-state index in [1.807, 2.05) is 6.07 Å². The number of aromatic nitrogens is 2. The molecule has 1 heterocycles. The smallest absolute Gasteiger partial charge is 0.164 e. The minimum atomic E-state index is -0.486. The zero-order valence-corrected chi connectivity index (χ0v) is 11.6. The van der Waals surface area contributed by atoms with Crippen molar-refractivity contribution >= 4 is 17.4 Å². The Balaban J connectivity index is 2.54. The molecule has 0 atom stereocenters. The summed E-state index contributed by atoms with van der Waals surface area (Å²) < 4.78 is 14.0. The molecule has 0 fully saturated rings. The summed E-state index contributed by atoms with van der Waals surface area (Å²) in [5.74, 6) is 0.544. The Kier molecular flexibility index (Phi) is 4.32. The second-order valence-electron chi connectivity index (χ2n) is 4.17. The van der Waals surface area contributed by atoms with Crippen molar-refractivity contribution in [2.75, 3.05) is 12.4 Å². The predicted octanol–water partition coefficient (Wildman–Crippen LogP) is 3.93. The number of hydrogen-bond acceptors (Lipinski definition) is 3. The van der Waals surface area contributed by atoms with E-state index in [1.54, 1.807) is 19.2 Å². The van der Waals surface area contributed by atoms with Gasteiger partial charge < -0.3 is 5.32 Å². The predicted molar refractivity (Wildman–Crippen MR) is 76.0 cm³/mol. The number of halogens is 2. The molecule has 5 heteroatoms. The summed E-state index contributed by atoms with van der Waals surface area (Å²) in [7, 11) is 1.77. The number of hydrogen-bond donors (Lipinski definition) is 1. The Bertz CT molecular complexity index is 587. The zero-order valence-electron chi connectivity index (χ0n) is 10.9. The molecule has 1 aromatic carbocycles. The maximum Gasteiger partial charge on any atom is 0.164 e. The van der Waals surface area contributed by atoms with Crippen LogP contribution in [-0.4, -0.2) is 17.0 Å². The second-order valence-corrected chi connectivity index (χ2v) is 4.58. The SMILES string of the molecule is CCCc1cc(NC)nc(-c2cccc(Cl)c2F)n1. The molecule has 0 saturated carbocycles. The second kappa shape index (κ2) is 5.97. The van der Waals surface area contributed by atoms with Crippen LogP contribution < -0.4 is 5.32 Å². The fourth-order valence-corrected chi connectivity index (χ4v) is 1.98. The maximum absolute atomic E-state index is 14.0. The van der Waals surface area contributed by atoms with Gasteiger partial charge in [0.2, 0.25) is 0 Å². The van der Waals surface area contributed by atoms with Gasteiger partial charge in [0.25, 0.3) is 0 Å². The van der Waals surface area contributed by atoms with Gasteiger partial charge in [-0.2, -0.15) is 0 Å². The Morgan fingerprint density at radius 2 is 2.11 bits per heavy atom. The van der Waals surface area contributed by atoms with Crippen LogP contribution in [0.2, 0.25) is 5.02 Å². The van der Waals surface area contributed by atoms with Gasteiger partial charge in [-0.25, -0.2) is 14.4 Å². The van der Waals surface area contributed by atoms with Crippen LogP contribution >= 0.6 is 11.6 Å². The molecular weight excluding hydrogens is 265 g/mol. The topological polar surface area (TPSA) is 37.8 Å². The van der Waals surface area contributed by atoms with E-state index < -0.39 is 5.82 Å². The highest BCUT2D eigenvalue weighted by Crippen LogP contribution is 2.26. The summed E-state index contributed by atoms with van der Waals surface area (Å²) in [5, 5.41) is 3.04. The van der Waals surface area contributed by atoms with E-state index in [2.05, 4.69) is 22.2 Å². The lowest BCUT2D eigenvalue weighted by Crippen LogP contribution is -2.02. The molecular formula is C14H15ClFN3. The van der Waals surface area contributed by atoms with Gasteiger partial charge in [-0.3, -0.25) is 0 Å². The number of rotatable bonds is 4. The number of anilines is 1. The van der Waals surface area contributed by atoms with Crippen LogP contribution in [0, 0.1) is 5.82 Å². The zero-order chi connectivity index (χ0) is 13.8. The van der Waals surface area contributed by atoms with E-state index in [0.717, 1.165) is 18.5 Å². The van der Waals surface area contributed by atoms with Gasteiger partial charge in [0.15, 0.2) is 11.6 Å². The molecule has 0 spiro atoms. The summed E-state index contributed by atoms with van der Waals surface area (Å²) >= 11 is 5.79. The molecule has 0 aliphatic rings.